The lowest BCUT2D eigenvalue weighted by molar-refractivity contribution is -0.141. The molecule has 1 aliphatic heterocycles. The van der Waals surface area contributed by atoms with Crippen molar-refractivity contribution in [3.63, 3.8) is 0 Å². The summed E-state index contributed by atoms with van der Waals surface area (Å²) in [5, 5.41) is 16.9. The van der Waals surface area contributed by atoms with Gasteiger partial charge in [0.05, 0.1) is 12.5 Å². The third-order valence-corrected chi connectivity index (χ3v) is 5.66. The second-order valence-corrected chi connectivity index (χ2v) is 7.90. The Labute approximate surface area is 200 Å². The van der Waals surface area contributed by atoms with Crippen molar-refractivity contribution in [2.45, 2.75) is 57.9 Å². The van der Waals surface area contributed by atoms with Gasteiger partial charge in [-0.15, -0.1) is 12.8 Å². The number of hydrogen-bond donors (Lipinski definition) is 4. The molecule has 1 aliphatic rings. The third-order valence-electron chi connectivity index (χ3n) is 5.66. The van der Waals surface area contributed by atoms with Gasteiger partial charge >= 0.3 is 5.97 Å². The number of halogens is 1. The topological polar surface area (TPSA) is 109 Å². The van der Waals surface area contributed by atoms with Crippen LogP contribution in [-0.2, 0) is 22.4 Å². The highest BCUT2D eigenvalue weighted by Gasteiger charge is 2.26. The molecule has 0 bridgehead atoms. The molecule has 0 saturated heterocycles. The van der Waals surface area contributed by atoms with Crippen molar-refractivity contribution in [1.82, 2.24) is 9.88 Å². The van der Waals surface area contributed by atoms with E-state index < -0.39 is 17.8 Å². The molecule has 1 amide bonds. The molecule has 0 saturated carbocycles. The van der Waals surface area contributed by atoms with E-state index >= 15 is 0 Å². The second-order valence-electron chi connectivity index (χ2n) is 7.90. The number of aliphatic carboxylic acids is 1. The number of fused-ring (bicyclic) bond motifs is 1. The summed E-state index contributed by atoms with van der Waals surface area (Å²) in [4.78, 5) is 30.5. The number of rotatable bonds is 10. The van der Waals surface area contributed by atoms with Gasteiger partial charge in [0.2, 0.25) is 5.91 Å². The van der Waals surface area contributed by atoms with Gasteiger partial charge < -0.3 is 15.3 Å². The van der Waals surface area contributed by atoms with Crippen LogP contribution in [0, 0.1) is 5.82 Å². The molecule has 7 nitrogen and oxygen atoms in total. The molecule has 0 unspecified atom stereocenters. The first-order valence-corrected chi connectivity index (χ1v) is 11.7. The molecule has 0 radical (unpaired) electrons. The number of unbranched alkanes of at least 4 members (excludes halogenated alkanes) is 1. The van der Waals surface area contributed by atoms with Crippen molar-refractivity contribution >= 4 is 30.5 Å². The molecule has 3 rings (SSSR count). The molecular weight excluding hydrogens is 443 g/mol. The van der Waals surface area contributed by atoms with E-state index in [1.807, 2.05) is 6.92 Å². The molecule has 2 aromatic rings. The van der Waals surface area contributed by atoms with Gasteiger partial charge in [-0.1, -0.05) is 18.2 Å². The van der Waals surface area contributed by atoms with Crippen molar-refractivity contribution in [1.29, 1.82) is 0 Å². The fourth-order valence-corrected chi connectivity index (χ4v) is 4.09. The number of nitrogens with two attached hydrogens (primary N) is 1. The molecule has 1 aromatic carbocycles. The van der Waals surface area contributed by atoms with Crippen LogP contribution in [0.4, 0.5) is 10.2 Å². The number of nitrogens with zero attached hydrogens (tertiary/aromatic N) is 2. The summed E-state index contributed by atoms with van der Waals surface area (Å²) >= 11 is 3.03. The zero-order chi connectivity index (χ0) is 24.2. The highest BCUT2D eigenvalue weighted by molar-refractivity contribution is 7.77. The maximum atomic E-state index is 13.7. The van der Waals surface area contributed by atoms with Crippen LogP contribution in [0.2, 0.25) is 0 Å². The number of aromatic nitrogens is 1. The van der Waals surface area contributed by atoms with Crippen molar-refractivity contribution in [3.05, 3.63) is 59.0 Å². The summed E-state index contributed by atoms with van der Waals surface area (Å²) in [6, 6.07) is 9.32. The van der Waals surface area contributed by atoms with Crippen molar-refractivity contribution in [3.8, 4) is 0 Å². The Bertz CT molecular complexity index is 928. The normalized spacial score (nSPS) is 13.1. The second kappa shape index (κ2) is 13.8. The zero-order valence-corrected chi connectivity index (χ0v) is 19.9. The Balaban J connectivity index is 0.00000187. The molecule has 2 heterocycles. The molecule has 0 fully saturated rings. The van der Waals surface area contributed by atoms with E-state index in [-0.39, 0.29) is 12.3 Å². The minimum absolute atomic E-state index is 0.113. The summed E-state index contributed by atoms with van der Waals surface area (Å²) in [5.41, 5.74) is 2.77. The lowest BCUT2D eigenvalue weighted by Crippen LogP contribution is -2.36. The van der Waals surface area contributed by atoms with E-state index in [1.165, 1.54) is 23.8 Å². The number of carboxylic acids is 1. The monoisotopic (exact) mass is 476 g/mol. The molecule has 33 heavy (non-hydrogen) atoms. The summed E-state index contributed by atoms with van der Waals surface area (Å²) in [5.74, 6) is -0.599. The quantitative estimate of drug-likeness (QED) is 0.303. The number of thiol groups is 1. The molecule has 9 heteroatoms. The molecule has 4 N–H and O–H groups in total. The maximum absolute atomic E-state index is 13.7. The fraction of sp³-hybridized carbons (Fsp3) is 0.458. The Morgan fingerprint density at radius 2 is 2.06 bits per heavy atom. The van der Waals surface area contributed by atoms with Gasteiger partial charge in [-0.25, -0.2) is 9.37 Å². The van der Waals surface area contributed by atoms with Gasteiger partial charge in [0.15, 0.2) is 0 Å². The average molecular weight is 477 g/mol. The van der Waals surface area contributed by atoms with Crippen LogP contribution in [0.25, 0.3) is 0 Å². The molecule has 1 atom stereocenters. The van der Waals surface area contributed by atoms with E-state index in [0.717, 1.165) is 43.7 Å². The predicted molar refractivity (Wildman–Crippen MR) is 131 cm³/mol. The SMILES string of the molecule is CCN(C(=O)CCCCc1ccc2c(n1)NCCC2)[C@@H](CC(=O)O)c1cccc(F)c1.NS. The Hall–Kier alpha value is -2.65. The van der Waals surface area contributed by atoms with Gasteiger partial charge in [0, 0.05) is 25.2 Å². The standard InChI is InChI=1S/C24H30FN3O3.H3NS/c1-2-28(21(16-23(30)31)18-7-5-9-19(25)15-18)22(29)11-4-3-10-20-13-12-17-8-6-14-26-24(17)27-20;1-2/h5,7,9,12-13,15,21H,2-4,6,8,10-11,14,16H2,1H3,(H,26,27)(H,30,31);2H,1H2/t21-;/m0./s1. The Morgan fingerprint density at radius 1 is 1.27 bits per heavy atom. The average Bonchev–Trinajstić information content (AvgIpc) is 2.82. The van der Waals surface area contributed by atoms with Gasteiger partial charge in [-0.3, -0.25) is 14.7 Å². The largest absolute Gasteiger partial charge is 0.481 e. The van der Waals surface area contributed by atoms with E-state index in [2.05, 4.69) is 40.4 Å². The molecule has 0 spiro atoms. The first-order chi connectivity index (χ1) is 16.0. The van der Waals surface area contributed by atoms with Gasteiger partial charge in [-0.05, 0) is 68.4 Å². The Kier molecular flexibility index (Phi) is 11.1. The van der Waals surface area contributed by atoms with Gasteiger partial charge in [0.1, 0.15) is 11.6 Å². The first-order valence-electron chi connectivity index (χ1n) is 11.2. The summed E-state index contributed by atoms with van der Waals surface area (Å²) in [7, 11) is 0. The number of carboxylic acid groups (broad SMARTS) is 1. The number of anilines is 1. The van der Waals surface area contributed by atoms with E-state index in [4.69, 9.17) is 0 Å². The minimum Gasteiger partial charge on any atom is -0.481 e. The smallest absolute Gasteiger partial charge is 0.305 e. The van der Waals surface area contributed by atoms with Gasteiger partial charge in [0.25, 0.3) is 0 Å². The van der Waals surface area contributed by atoms with E-state index in [0.29, 0.717) is 24.9 Å². The molecule has 1 aromatic heterocycles. The van der Waals surface area contributed by atoms with E-state index in [9.17, 15) is 19.1 Å². The third kappa shape index (κ3) is 8.01. The van der Waals surface area contributed by atoms with Crippen LogP contribution >= 0.6 is 12.8 Å². The number of aryl methyl sites for hydroxylation is 2. The number of pyridine rings is 1. The zero-order valence-electron chi connectivity index (χ0n) is 19.0. The predicted octanol–water partition coefficient (Wildman–Crippen LogP) is 4.15. The van der Waals surface area contributed by atoms with E-state index in [1.54, 1.807) is 11.0 Å². The van der Waals surface area contributed by atoms with Gasteiger partial charge in [-0.2, -0.15) is 0 Å². The summed E-state index contributed by atoms with van der Waals surface area (Å²) < 4.78 is 13.7. The maximum Gasteiger partial charge on any atom is 0.305 e. The number of hydrogen-bond acceptors (Lipinski definition) is 6. The van der Waals surface area contributed by atoms with Crippen LogP contribution in [0.3, 0.4) is 0 Å². The Morgan fingerprint density at radius 3 is 2.76 bits per heavy atom. The van der Waals surface area contributed by atoms with Crippen LogP contribution in [0.15, 0.2) is 36.4 Å². The van der Waals surface area contributed by atoms with Crippen molar-refractivity contribution < 1.29 is 19.1 Å². The number of amides is 1. The molecular formula is C24H33FN4O3S. The van der Waals surface area contributed by atoms with Crippen molar-refractivity contribution in [2.75, 3.05) is 18.4 Å². The van der Waals surface area contributed by atoms with Crippen LogP contribution in [-0.4, -0.2) is 40.0 Å². The fourth-order valence-electron chi connectivity index (χ4n) is 4.09. The lowest BCUT2D eigenvalue weighted by atomic mass is 10.0. The first kappa shape index (κ1) is 26.6. The highest BCUT2D eigenvalue weighted by atomic mass is 32.1. The van der Waals surface area contributed by atoms with Crippen LogP contribution < -0.4 is 10.5 Å². The lowest BCUT2D eigenvalue weighted by Gasteiger charge is -2.30. The number of carbonyl (C=O) groups excluding carboxylic acids is 1. The molecule has 0 aliphatic carbocycles. The summed E-state index contributed by atoms with van der Waals surface area (Å²) in [6.07, 6.45) is 4.54. The highest BCUT2D eigenvalue weighted by Crippen LogP contribution is 2.26. The van der Waals surface area contributed by atoms with Crippen LogP contribution in [0.5, 0.6) is 0 Å². The number of nitrogens with one attached hydrogen (secondary N) is 1. The van der Waals surface area contributed by atoms with Crippen LogP contribution in [0.1, 0.15) is 61.9 Å². The number of carbonyl (C=O) groups is 2. The van der Waals surface area contributed by atoms with Crippen molar-refractivity contribution in [2.24, 2.45) is 5.14 Å². The summed E-state index contributed by atoms with van der Waals surface area (Å²) in [6.45, 7) is 3.13. The molecule has 180 valence electrons. The minimum atomic E-state index is -1.02. The number of benzene rings is 1.